The summed E-state index contributed by atoms with van der Waals surface area (Å²) in [6.07, 6.45) is 4.47. The van der Waals surface area contributed by atoms with E-state index in [-0.39, 0.29) is 18.0 Å². The number of piperidine rings is 1. The van der Waals surface area contributed by atoms with Crippen LogP contribution in [-0.2, 0) is 16.0 Å². The lowest BCUT2D eigenvalue weighted by molar-refractivity contribution is -0.122. The fourth-order valence-electron chi connectivity index (χ4n) is 3.31. The summed E-state index contributed by atoms with van der Waals surface area (Å²) in [5, 5.41) is 4.27. The summed E-state index contributed by atoms with van der Waals surface area (Å²) >= 11 is 0. The van der Waals surface area contributed by atoms with Crippen molar-refractivity contribution in [1.29, 1.82) is 0 Å². The zero-order valence-corrected chi connectivity index (χ0v) is 14.6. The molecule has 0 spiro atoms. The van der Waals surface area contributed by atoms with E-state index in [0.717, 1.165) is 24.8 Å². The second-order valence-electron chi connectivity index (χ2n) is 6.39. The third kappa shape index (κ3) is 4.32. The van der Waals surface area contributed by atoms with E-state index >= 15 is 0 Å². The normalized spacial score (nSPS) is 15.3. The highest BCUT2D eigenvalue weighted by atomic mass is 16.6. The van der Waals surface area contributed by atoms with E-state index in [0.29, 0.717) is 26.1 Å². The third-order valence-electron chi connectivity index (χ3n) is 4.68. The Hall–Kier alpha value is -2.50. The Morgan fingerprint density at radius 1 is 1.28 bits per heavy atom. The number of rotatable bonds is 5. The Morgan fingerprint density at radius 3 is 2.80 bits per heavy atom. The van der Waals surface area contributed by atoms with Gasteiger partial charge in [-0.15, -0.1) is 0 Å². The molecule has 25 heavy (non-hydrogen) atoms. The fraction of sp³-hybridized carbons (Fsp3) is 0.474. The summed E-state index contributed by atoms with van der Waals surface area (Å²) in [6, 6.07) is 8.26. The van der Waals surface area contributed by atoms with Crippen LogP contribution in [-0.4, -0.2) is 47.6 Å². The minimum atomic E-state index is -0.258. The van der Waals surface area contributed by atoms with Crippen molar-refractivity contribution in [2.45, 2.75) is 38.6 Å². The van der Waals surface area contributed by atoms with Gasteiger partial charge in [0.2, 0.25) is 5.91 Å². The van der Waals surface area contributed by atoms with Crippen LogP contribution in [0, 0.1) is 0 Å². The number of fused-ring (bicyclic) bond motifs is 1. The molecular weight excluding hydrogens is 318 g/mol. The van der Waals surface area contributed by atoms with Gasteiger partial charge in [0.05, 0.1) is 6.61 Å². The van der Waals surface area contributed by atoms with E-state index in [2.05, 4.69) is 16.4 Å². The van der Waals surface area contributed by atoms with Gasteiger partial charge in [0, 0.05) is 42.7 Å². The lowest BCUT2D eigenvalue weighted by atomic mass is 10.0. The molecule has 2 heterocycles. The molecule has 0 atom stereocenters. The highest BCUT2D eigenvalue weighted by Crippen LogP contribution is 2.19. The maximum Gasteiger partial charge on any atom is 0.409 e. The van der Waals surface area contributed by atoms with Crippen LogP contribution in [0.3, 0.4) is 0 Å². The molecule has 3 rings (SSSR count). The number of para-hydroxylation sites is 1. The van der Waals surface area contributed by atoms with Crippen molar-refractivity contribution in [3.8, 4) is 0 Å². The number of amides is 2. The number of nitrogens with one attached hydrogen (secondary N) is 2. The zero-order chi connectivity index (χ0) is 17.6. The van der Waals surface area contributed by atoms with Crippen LogP contribution in [0.1, 0.15) is 31.7 Å². The molecule has 2 aromatic rings. The lowest BCUT2D eigenvalue weighted by Crippen LogP contribution is -2.46. The maximum absolute atomic E-state index is 12.2. The average molecular weight is 343 g/mol. The molecule has 1 fully saturated rings. The topological polar surface area (TPSA) is 74.4 Å². The van der Waals surface area contributed by atoms with Crippen LogP contribution in [0.5, 0.6) is 0 Å². The predicted octanol–water partition coefficient (Wildman–Crippen LogP) is 2.84. The lowest BCUT2D eigenvalue weighted by Gasteiger charge is -2.31. The molecular formula is C19H25N3O3. The number of aryl methyl sites for hydroxylation is 1. The van der Waals surface area contributed by atoms with Gasteiger partial charge in [0.15, 0.2) is 0 Å². The summed E-state index contributed by atoms with van der Waals surface area (Å²) in [5.41, 5.74) is 2.27. The van der Waals surface area contributed by atoms with Crippen molar-refractivity contribution in [1.82, 2.24) is 15.2 Å². The standard InChI is InChI=1S/C19H25N3O3/c1-2-25-19(24)22-11-9-15(10-12-22)21-18(23)8-7-14-13-20-17-6-4-3-5-16(14)17/h3-6,13,15,20H,2,7-12H2,1H3,(H,21,23). The zero-order valence-electron chi connectivity index (χ0n) is 14.6. The Balaban J connectivity index is 1.44. The van der Waals surface area contributed by atoms with Gasteiger partial charge >= 0.3 is 6.09 Å². The molecule has 2 amide bonds. The van der Waals surface area contributed by atoms with Gasteiger partial charge in [0.1, 0.15) is 0 Å². The minimum Gasteiger partial charge on any atom is -0.450 e. The Morgan fingerprint density at radius 2 is 2.04 bits per heavy atom. The number of H-pyrrole nitrogens is 1. The van der Waals surface area contributed by atoms with E-state index in [1.807, 2.05) is 24.4 Å². The van der Waals surface area contributed by atoms with E-state index in [9.17, 15) is 9.59 Å². The molecule has 1 saturated heterocycles. The number of carbonyl (C=O) groups excluding carboxylic acids is 2. The van der Waals surface area contributed by atoms with Gasteiger partial charge in [-0.2, -0.15) is 0 Å². The number of aromatic amines is 1. The van der Waals surface area contributed by atoms with Crippen LogP contribution in [0.2, 0.25) is 0 Å². The summed E-state index contributed by atoms with van der Waals surface area (Å²) in [5.74, 6) is 0.0693. The van der Waals surface area contributed by atoms with Gasteiger partial charge in [-0.25, -0.2) is 4.79 Å². The van der Waals surface area contributed by atoms with Gasteiger partial charge in [0.25, 0.3) is 0 Å². The van der Waals surface area contributed by atoms with Crippen molar-refractivity contribution in [3.63, 3.8) is 0 Å². The first kappa shape index (κ1) is 17.3. The maximum atomic E-state index is 12.2. The summed E-state index contributed by atoms with van der Waals surface area (Å²) < 4.78 is 5.01. The molecule has 0 aliphatic carbocycles. The summed E-state index contributed by atoms with van der Waals surface area (Å²) in [7, 11) is 0. The number of carbonyl (C=O) groups is 2. The average Bonchev–Trinajstić information content (AvgIpc) is 3.04. The molecule has 0 bridgehead atoms. The van der Waals surface area contributed by atoms with Crippen LogP contribution >= 0.6 is 0 Å². The number of hydrogen-bond donors (Lipinski definition) is 2. The van der Waals surface area contributed by atoms with Crippen molar-refractivity contribution < 1.29 is 14.3 Å². The first-order valence-corrected chi connectivity index (χ1v) is 8.93. The Labute approximate surface area is 147 Å². The molecule has 2 N–H and O–H groups in total. The van der Waals surface area contributed by atoms with E-state index in [4.69, 9.17) is 4.74 Å². The molecule has 0 radical (unpaired) electrons. The number of aromatic nitrogens is 1. The number of nitrogens with zero attached hydrogens (tertiary/aromatic N) is 1. The van der Waals surface area contributed by atoms with Crippen LogP contribution in [0.15, 0.2) is 30.5 Å². The predicted molar refractivity (Wildman–Crippen MR) is 96.4 cm³/mol. The number of benzene rings is 1. The van der Waals surface area contributed by atoms with Gasteiger partial charge in [-0.05, 0) is 37.8 Å². The monoisotopic (exact) mass is 343 g/mol. The van der Waals surface area contributed by atoms with E-state index in [1.54, 1.807) is 11.8 Å². The van der Waals surface area contributed by atoms with Crippen molar-refractivity contribution in [3.05, 3.63) is 36.0 Å². The number of likely N-dealkylation sites (tertiary alicyclic amines) is 1. The van der Waals surface area contributed by atoms with Crippen molar-refractivity contribution >= 4 is 22.9 Å². The molecule has 6 heteroatoms. The third-order valence-corrected chi connectivity index (χ3v) is 4.68. The number of ether oxygens (including phenoxy) is 1. The van der Waals surface area contributed by atoms with Crippen molar-refractivity contribution in [2.75, 3.05) is 19.7 Å². The highest BCUT2D eigenvalue weighted by Gasteiger charge is 2.24. The summed E-state index contributed by atoms with van der Waals surface area (Å²) in [6.45, 7) is 3.46. The molecule has 0 unspecified atom stereocenters. The second-order valence-corrected chi connectivity index (χ2v) is 6.39. The quantitative estimate of drug-likeness (QED) is 0.877. The van der Waals surface area contributed by atoms with E-state index < -0.39 is 0 Å². The molecule has 6 nitrogen and oxygen atoms in total. The second kappa shape index (κ2) is 8.05. The Kier molecular flexibility index (Phi) is 5.58. The van der Waals surface area contributed by atoms with Gasteiger partial charge < -0.3 is 19.9 Å². The number of hydrogen-bond acceptors (Lipinski definition) is 3. The van der Waals surface area contributed by atoms with Gasteiger partial charge in [-0.3, -0.25) is 4.79 Å². The van der Waals surface area contributed by atoms with Crippen LogP contribution in [0.25, 0.3) is 10.9 Å². The largest absolute Gasteiger partial charge is 0.450 e. The summed E-state index contributed by atoms with van der Waals surface area (Å²) in [4.78, 5) is 28.9. The first-order valence-electron chi connectivity index (χ1n) is 8.93. The fourth-order valence-corrected chi connectivity index (χ4v) is 3.31. The highest BCUT2D eigenvalue weighted by molar-refractivity contribution is 5.84. The molecule has 1 aliphatic heterocycles. The first-order chi connectivity index (χ1) is 12.2. The Bertz CT molecular complexity index is 732. The molecule has 1 aliphatic rings. The molecule has 1 aromatic heterocycles. The molecule has 134 valence electrons. The van der Waals surface area contributed by atoms with Crippen LogP contribution < -0.4 is 5.32 Å². The minimum absolute atomic E-state index is 0.0693. The smallest absolute Gasteiger partial charge is 0.409 e. The molecule has 0 saturated carbocycles. The van der Waals surface area contributed by atoms with Crippen molar-refractivity contribution in [2.24, 2.45) is 0 Å². The van der Waals surface area contributed by atoms with Gasteiger partial charge in [-0.1, -0.05) is 18.2 Å². The molecule has 1 aromatic carbocycles. The van der Waals surface area contributed by atoms with Crippen LogP contribution in [0.4, 0.5) is 4.79 Å². The SMILES string of the molecule is CCOC(=O)N1CCC(NC(=O)CCc2c[nH]c3ccccc23)CC1. The van der Waals surface area contributed by atoms with E-state index in [1.165, 1.54) is 10.9 Å².